The summed E-state index contributed by atoms with van der Waals surface area (Å²) in [5, 5.41) is 5.56. The fourth-order valence-corrected chi connectivity index (χ4v) is 2.88. The number of carbonyl (C=O) groups is 3. The van der Waals surface area contributed by atoms with Crippen LogP contribution in [0.3, 0.4) is 0 Å². The molecule has 2 rings (SSSR count). The molecule has 8 nitrogen and oxygen atoms in total. The highest BCUT2D eigenvalue weighted by atomic mass is 16.5. The first-order valence-electron chi connectivity index (χ1n) is 9.74. The van der Waals surface area contributed by atoms with Crippen LogP contribution >= 0.6 is 0 Å². The van der Waals surface area contributed by atoms with E-state index in [9.17, 15) is 14.4 Å². The van der Waals surface area contributed by atoms with Gasteiger partial charge in [0.05, 0.1) is 25.3 Å². The number of anilines is 1. The Kier molecular flexibility index (Phi) is 8.67. The first-order valence-corrected chi connectivity index (χ1v) is 9.74. The predicted molar refractivity (Wildman–Crippen MR) is 110 cm³/mol. The van der Waals surface area contributed by atoms with Crippen LogP contribution in [0.25, 0.3) is 0 Å². The second kappa shape index (κ2) is 11.2. The van der Waals surface area contributed by atoms with E-state index in [1.165, 1.54) is 0 Å². The van der Waals surface area contributed by atoms with Gasteiger partial charge in [-0.25, -0.2) is 0 Å². The molecule has 0 bridgehead atoms. The van der Waals surface area contributed by atoms with Gasteiger partial charge >= 0.3 is 5.97 Å². The lowest BCUT2D eigenvalue weighted by Crippen LogP contribution is -2.57. The van der Waals surface area contributed by atoms with E-state index in [-0.39, 0.29) is 24.8 Å². The zero-order chi connectivity index (χ0) is 21.2. The number of nitrogens with zero attached hydrogens (tertiary/aromatic N) is 1. The molecule has 0 saturated carbocycles. The molecule has 0 radical (unpaired) electrons. The molecule has 1 aliphatic heterocycles. The average Bonchev–Trinajstić information content (AvgIpc) is 2.68. The summed E-state index contributed by atoms with van der Waals surface area (Å²) in [6.07, 6.45) is 0.624. The second-order valence-electron chi connectivity index (χ2n) is 6.99. The lowest BCUT2D eigenvalue weighted by Gasteiger charge is -2.33. The summed E-state index contributed by atoms with van der Waals surface area (Å²) in [5.41, 5.74) is 1.40. The van der Waals surface area contributed by atoms with Crippen molar-refractivity contribution in [1.29, 1.82) is 0 Å². The molecule has 1 heterocycles. The maximum atomic E-state index is 12.6. The summed E-state index contributed by atoms with van der Waals surface area (Å²) in [6.45, 7) is 9.09. The van der Waals surface area contributed by atoms with E-state index in [0.717, 1.165) is 5.57 Å². The van der Waals surface area contributed by atoms with Gasteiger partial charge in [-0.15, -0.1) is 0 Å². The smallest absolute Gasteiger partial charge is 0.307 e. The number of esters is 1. The van der Waals surface area contributed by atoms with Gasteiger partial charge in [-0.1, -0.05) is 25.6 Å². The van der Waals surface area contributed by atoms with Gasteiger partial charge in [-0.05, 0) is 31.1 Å². The molecule has 1 aromatic carbocycles. The van der Waals surface area contributed by atoms with E-state index in [1.807, 2.05) is 19.9 Å². The SMILES string of the molecule is C=C(C)COc1ccccc1NC(=O)CN1CCNC(=O)C1CC(=O)OCCC. The van der Waals surface area contributed by atoms with Gasteiger partial charge in [0.2, 0.25) is 11.8 Å². The van der Waals surface area contributed by atoms with Crippen LogP contribution in [0.1, 0.15) is 26.7 Å². The number of amides is 2. The Hall–Kier alpha value is -2.87. The van der Waals surface area contributed by atoms with Crippen molar-refractivity contribution in [2.24, 2.45) is 0 Å². The zero-order valence-corrected chi connectivity index (χ0v) is 17.0. The molecule has 1 atom stereocenters. The number of hydrogen-bond donors (Lipinski definition) is 2. The third kappa shape index (κ3) is 7.23. The highest BCUT2D eigenvalue weighted by molar-refractivity contribution is 5.94. The summed E-state index contributed by atoms with van der Waals surface area (Å²) in [6, 6.07) is 6.39. The van der Waals surface area contributed by atoms with Gasteiger partial charge in [0.1, 0.15) is 18.4 Å². The van der Waals surface area contributed by atoms with E-state index in [2.05, 4.69) is 17.2 Å². The largest absolute Gasteiger partial charge is 0.487 e. The number of para-hydroxylation sites is 2. The van der Waals surface area contributed by atoms with Crippen LogP contribution in [0.15, 0.2) is 36.4 Å². The zero-order valence-electron chi connectivity index (χ0n) is 17.0. The maximum absolute atomic E-state index is 12.6. The molecule has 0 aromatic heterocycles. The van der Waals surface area contributed by atoms with Gasteiger partial charge in [0.15, 0.2) is 0 Å². The van der Waals surface area contributed by atoms with Crippen molar-refractivity contribution in [1.82, 2.24) is 10.2 Å². The van der Waals surface area contributed by atoms with Gasteiger partial charge in [-0.2, -0.15) is 0 Å². The molecule has 0 spiro atoms. The third-order valence-electron chi connectivity index (χ3n) is 4.25. The summed E-state index contributed by atoms with van der Waals surface area (Å²) in [4.78, 5) is 38.5. The molecular weight excluding hydrogens is 374 g/mol. The average molecular weight is 403 g/mol. The van der Waals surface area contributed by atoms with E-state index < -0.39 is 12.0 Å². The topological polar surface area (TPSA) is 97.0 Å². The van der Waals surface area contributed by atoms with Crippen molar-refractivity contribution in [3.8, 4) is 5.75 Å². The van der Waals surface area contributed by atoms with E-state index in [4.69, 9.17) is 9.47 Å². The molecule has 8 heteroatoms. The Bertz CT molecular complexity index is 750. The second-order valence-corrected chi connectivity index (χ2v) is 6.99. The monoisotopic (exact) mass is 403 g/mol. The van der Waals surface area contributed by atoms with E-state index in [0.29, 0.717) is 44.2 Å². The van der Waals surface area contributed by atoms with Gasteiger partial charge in [0, 0.05) is 13.1 Å². The third-order valence-corrected chi connectivity index (χ3v) is 4.25. The van der Waals surface area contributed by atoms with Crippen LogP contribution in [0.4, 0.5) is 5.69 Å². The predicted octanol–water partition coefficient (Wildman–Crippen LogP) is 1.72. The Morgan fingerprint density at radius 2 is 2.10 bits per heavy atom. The summed E-state index contributed by atoms with van der Waals surface area (Å²) < 4.78 is 10.7. The number of piperazine rings is 1. The van der Waals surface area contributed by atoms with Crippen molar-refractivity contribution in [3.05, 3.63) is 36.4 Å². The summed E-state index contributed by atoms with van der Waals surface area (Å²) >= 11 is 0. The standard InChI is InChI=1S/C21H29N3O5/c1-4-11-28-20(26)12-17-21(27)22-9-10-24(17)13-19(25)23-16-7-5-6-8-18(16)29-14-15(2)3/h5-8,17H,2,4,9-14H2,1,3H3,(H,22,27)(H,23,25). The van der Waals surface area contributed by atoms with Crippen molar-refractivity contribution in [3.63, 3.8) is 0 Å². The first kappa shape index (κ1) is 22.4. The summed E-state index contributed by atoms with van der Waals surface area (Å²) in [7, 11) is 0. The van der Waals surface area contributed by atoms with Crippen molar-refractivity contribution < 1.29 is 23.9 Å². The molecule has 0 aliphatic carbocycles. The minimum absolute atomic E-state index is 0.0199. The number of carbonyl (C=O) groups excluding carboxylic acids is 3. The maximum Gasteiger partial charge on any atom is 0.307 e. The number of ether oxygens (including phenoxy) is 2. The van der Waals surface area contributed by atoms with Crippen LogP contribution in [0, 0.1) is 0 Å². The molecule has 158 valence electrons. The Morgan fingerprint density at radius 1 is 1.34 bits per heavy atom. The van der Waals surface area contributed by atoms with Crippen LogP contribution in [-0.4, -0.2) is 61.6 Å². The summed E-state index contributed by atoms with van der Waals surface area (Å²) in [5.74, 6) is -0.474. The van der Waals surface area contributed by atoms with Crippen molar-refractivity contribution in [2.45, 2.75) is 32.7 Å². The van der Waals surface area contributed by atoms with Crippen LogP contribution < -0.4 is 15.4 Å². The molecular formula is C21H29N3O5. The van der Waals surface area contributed by atoms with E-state index >= 15 is 0 Å². The fourth-order valence-electron chi connectivity index (χ4n) is 2.88. The normalized spacial score (nSPS) is 16.6. The van der Waals surface area contributed by atoms with Crippen LogP contribution in [0.2, 0.25) is 0 Å². The molecule has 1 aliphatic rings. The Labute approximate surface area is 171 Å². The van der Waals surface area contributed by atoms with Crippen molar-refractivity contribution >= 4 is 23.5 Å². The van der Waals surface area contributed by atoms with E-state index in [1.54, 1.807) is 23.1 Å². The Morgan fingerprint density at radius 3 is 2.83 bits per heavy atom. The minimum Gasteiger partial charge on any atom is -0.487 e. The number of rotatable bonds is 10. The van der Waals surface area contributed by atoms with Gasteiger partial charge in [-0.3, -0.25) is 19.3 Å². The highest BCUT2D eigenvalue weighted by Crippen LogP contribution is 2.24. The van der Waals surface area contributed by atoms with Crippen molar-refractivity contribution in [2.75, 3.05) is 38.2 Å². The first-order chi connectivity index (χ1) is 13.9. The number of benzene rings is 1. The van der Waals surface area contributed by atoms with Crippen LogP contribution in [0.5, 0.6) is 5.75 Å². The minimum atomic E-state index is -0.728. The van der Waals surface area contributed by atoms with Gasteiger partial charge in [0.25, 0.3) is 0 Å². The number of nitrogens with one attached hydrogen (secondary N) is 2. The fraction of sp³-hybridized carbons (Fsp3) is 0.476. The lowest BCUT2D eigenvalue weighted by molar-refractivity contribution is -0.148. The molecule has 1 aromatic rings. The lowest BCUT2D eigenvalue weighted by atomic mass is 10.1. The highest BCUT2D eigenvalue weighted by Gasteiger charge is 2.33. The molecule has 1 saturated heterocycles. The molecule has 2 amide bonds. The molecule has 29 heavy (non-hydrogen) atoms. The molecule has 2 N–H and O–H groups in total. The van der Waals surface area contributed by atoms with Crippen LogP contribution in [-0.2, 0) is 19.1 Å². The molecule has 1 fully saturated rings. The quantitative estimate of drug-likeness (QED) is 0.456. The number of hydrogen-bond acceptors (Lipinski definition) is 6. The van der Waals surface area contributed by atoms with Gasteiger partial charge < -0.3 is 20.1 Å². The Balaban J connectivity index is 2.00. The molecule has 1 unspecified atom stereocenters.